The summed E-state index contributed by atoms with van der Waals surface area (Å²) < 4.78 is 19.3. The van der Waals surface area contributed by atoms with Gasteiger partial charge in [-0.15, -0.1) is 0 Å². The molecule has 1 amide bonds. The molecule has 0 radical (unpaired) electrons. The van der Waals surface area contributed by atoms with Gasteiger partial charge in [-0.2, -0.15) is 0 Å². The normalized spacial score (nSPS) is 17.4. The predicted octanol–water partition coefficient (Wildman–Crippen LogP) is 2.83. The minimum absolute atomic E-state index is 0.126. The maximum absolute atomic E-state index is 13.9. The van der Waals surface area contributed by atoms with Gasteiger partial charge in [-0.25, -0.2) is 4.39 Å². The van der Waals surface area contributed by atoms with Crippen molar-refractivity contribution in [3.05, 3.63) is 23.5 Å². The molecule has 0 aromatic heterocycles. The van der Waals surface area contributed by atoms with Crippen LogP contribution in [-0.4, -0.2) is 11.5 Å². The van der Waals surface area contributed by atoms with E-state index in [0.29, 0.717) is 16.6 Å². The van der Waals surface area contributed by atoms with E-state index in [9.17, 15) is 9.18 Å². The molecule has 1 aromatic rings. The fraction of sp³-hybridized carbons (Fsp3) is 0.364. The molecule has 5 heteroatoms. The molecule has 0 saturated heterocycles. The highest BCUT2D eigenvalue weighted by molar-refractivity contribution is 9.08. The number of carbonyl (C=O) groups is 1. The summed E-state index contributed by atoms with van der Waals surface area (Å²) in [6.45, 7) is 3.28. The van der Waals surface area contributed by atoms with Crippen LogP contribution in [0.1, 0.15) is 19.4 Å². The molecule has 0 aliphatic carbocycles. The zero-order valence-electron chi connectivity index (χ0n) is 8.93. The molecule has 0 saturated carbocycles. The highest BCUT2D eigenvalue weighted by atomic mass is 79.9. The number of rotatable bonds is 1. The second-order valence-corrected chi connectivity index (χ2v) is 4.67. The Morgan fingerprint density at radius 2 is 2.19 bits per heavy atom. The molecule has 1 aliphatic rings. The van der Waals surface area contributed by atoms with Crippen LogP contribution < -0.4 is 10.1 Å². The first-order valence-electron chi connectivity index (χ1n) is 4.83. The third-order valence-corrected chi connectivity index (χ3v) is 3.08. The second-order valence-electron chi connectivity index (χ2n) is 4.11. The average Bonchev–Trinajstić information content (AvgIpc) is 2.21. The topological polar surface area (TPSA) is 38.3 Å². The molecule has 1 N–H and O–H groups in total. The summed E-state index contributed by atoms with van der Waals surface area (Å²) in [5, 5.41) is 2.93. The van der Waals surface area contributed by atoms with Gasteiger partial charge in [0.05, 0.1) is 0 Å². The van der Waals surface area contributed by atoms with Crippen LogP contribution in [0.15, 0.2) is 12.1 Å². The van der Waals surface area contributed by atoms with E-state index >= 15 is 0 Å². The monoisotopic (exact) mass is 287 g/mol. The lowest BCUT2D eigenvalue weighted by molar-refractivity contribution is -0.129. The number of anilines is 1. The Morgan fingerprint density at radius 1 is 1.50 bits per heavy atom. The lowest BCUT2D eigenvalue weighted by Gasteiger charge is -2.31. The number of hydrogen-bond donors (Lipinski definition) is 1. The van der Waals surface area contributed by atoms with E-state index in [1.165, 1.54) is 0 Å². The molecule has 3 nitrogen and oxygen atoms in total. The van der Waals surface area contributed by atoms with Gasteiger partial charge in [-0.05, 0) is 19.9 Å². The minimum atomic E-state index is -0.963. The number of ether oxygens (including phenoxy) is 1. The Morgan fingerprint density at radius 3 is 2.81 bits per heavy atom. The van der Waals surface area contributed by atoms with Gasteiger partial charge in [-0.3, -0.25) is 4.79 Å². The zero-order valence-corrected chi connectivity index (χ0v) is 10.5. The lowest BCUT2D eigenvalue weighted by atomic mass is 10.0. The van der Waals surface area contributed by atoms with E-state index in [1.54, 1.807) is 26.0 Å². The molecule has 0 spiro atoms. The van der Waals surface area contributed by atoms with E-state index in [1.807, 2.05) is 0 Å². The van der Waals surface area contributed by atoms with E-state index in [2.05, 4.69) is 21.2 Å². The first-order valence-corrected chi connectivity index (χ1v) is 5.95. The largest absolute Gasteiger partial charge is 0.476 e. The number of nitrogens with one attached hydrogen (secondary N) is 1. The smallest absolute Gasteiger partial charge is 0.268 e. The number of benzene rings is 1. The van der Waals surface area contributed by atoms with Crippen molar-refractivity contribution in [3.63, 3.8) is 0 Å². The van der Waals surface area contributed by atoms with Crippen LogP contribution in [-0.2, 0) is 10.1 Å². The third-order valence-electron chi connectivity index (χ3n) is 2.48. The first kappa shape index (κ1) is 11.4. The molecule has 1 heterocycles. The van der Waals surface area contributed by atoms with Gasteiger partial charge >= 0.3 is 0 Å². The SMILES string of the molecule is CC1(C)Oc2ccc(CBr)c(F)c2NC1=O. The molecular formula is C11H11BrFNO2. The van der Waals surface area contributed by atoms with Gasteiger partial charge in [0.1, 0.15) is 11.4 Å². The van der Waals surface area contributed by atoms with Crippen LogP contribution in [0.5, 0.6) is 5.75 Å². The van der Waals surface area contributed by atoms with Crippen LogP contribution in [0.3, 0.4) is 0 Å². The Labute approximate surface area is 101 Å². The molecule has 2 rings (SSSR count). The predicted molar refractivity (Wildman–Crippen MR) is 62.4 cm³/mol. The average molecular weight is 288 g/mol. The van der Waals surface area contributed by atoms with Gasteiger partial charge in [0.2, 0.25) is 0 Å². The first-order chi connectivity index (χ1) is 7.45. The van der Waals surface area contributed by atoms with Gasteiger partial charge in [0.15, 0.2) is 11.4 Å². The summed E-state index contributed by atoms with van der Waals surface area (Å²) in [6.07, 6.45) is 0. The van der Waals surface area contributed by atoms with Crippen molar-refractivity contribution in [1.82, 2.24) is 0 Å². The summed E-state index contributed by atoms with van der Waals surface area (Å²) in [7, 11) is 0. The van der Waals surface area contributed by atoms with Crippen LogP contribution >= 0.6 is 15.9 Å². The molecule has 86 valence electrons. The van der Waals surface area contributed by atoms with Crippen LogP contribution in [0, 0.1) is 5.82 Å². The van der Waals surface area contributed by atoms with Crippen molar-refractivity contribution in [2.24, 2.45) is 0 Å². The van der Waals surface area contributed by atoms with Crippen molar-refractivity contribution in [2.45, 2.75) is 24.8 Å². The Hall–Kier alpha value is -1.10. The third kappa shape index (κ3) is 1.69. The van der Waals surface area contributed by atoms with Crippen LogP contribution in [0.25, 0.3) is 0 Å². The molecule has 1 aliphatic heterocycles. The number of halogens is 2. The van der Waals surface area contributed by atoms with Crippen molar-refractivity contribution in [1.29, 1.82) is 0 Å². The molecule has 16 heavy (non-hydrogen) atoms. The van der Waals surface area contributed by atoms with Gasteiger partial charge in [0, 0.05) is 10.9 Å². The molecule has 0 fully saturated rings. The maximum atomic E-state index is 13.9. The molecule has 0 bridgehead atoms. The number of amides is 1. The molecule has 1 aromatic carbocycles. The van der Waals surface area contributed by atoms with Gasteiger partial charge in [-0.1, -0.05) is 22.0 Å². The van der Waals surface area contributed by atoms with E-state index < -0.39 is 11.4 Å². The number of hydrogen-bond acceptors (Lipinski definition) is 2. The number of alkyl halides is 1. The Balaban J connectivity index is 2.52. The van der Waals surface area contributed by atoms with Gasteiger partial charge in [0.25, 0.3) is 5.91 Å². The van der Waals surface area contributed by atoms with E-state index in [-0.39, 0.29) is 11.6 Å². The van der Waals surface area contributed by atoms with E-state index in [0.717, 1.165) is 0 Å². The standard InChI is InChI=1S/C11H11BrFNO2/c1-11(2)10(15)14-9-7(16-11)4-3-6(5-12)8(9)13/h3-4H,5H2,1-2H3,(H,14,15). The maximum Gasteiger partial charge on any atom is 0.268 e. The van der Waals surface area contributed by atoms with Gasteiger partial charge < -0.3 is 10.1 Å². The molecule has 0 atom stereocenters. The Bertz CT molecular complexity index is 460. The van der Waals surface area contributed by atoms with Crippen molar-refractivity contribution in [3.8, 4) is 5.75 Å². The highest BCUT2D eigenvalue weighted by Crippen LogP contribution is 2.37. The summed E-state index contributed by atoms with van der Waals surface area (Å²) in [6, 6.07) is 3.30. The van der Waals surface area contributed by atoms with E-state index in [4.69, 9.17) is 4.74 Å². The fourth-order valence-electron chi connectivity index (χ4n) is 1.49. The summed E-state index contributed by atoms with van der Waals surface area (Å²) in [5.74, 6) is -0.421. The second kappa shape index (κ2) is 3.73. The van der Waals surface area contributed by atoms with Crippen molar-refractivity contribution in [2.75, 3.05) is 5.32 Å². The minimum Gasteiger partial charge on any atom is -0.476 e. The summed E-state index contributed by atoms with van der Waals surface area (Å²) >= 11 is 3.18. The van der Waals surface area contributed by atoms with Crippen LogP contribution in [0.4, 0.5) is 10.1 Å². The number of fused-ring (bicyclic) bond motifs is 1. The quantitative estimate of drug-likeness (QED) is 0.807. The van der Waals surface area contributed by atoms with Crippen LogP contribution in [0.2, 0.25) is 0 Å². The molecular weight excluding hydrogens is 277 g/mol. The Kier molecular flexibility index (Phi) is 2.66. The summed E-state index contributed by atoms with van der Waals surface area (Å²) in [4.78, 5) is 11.6. The lowest BCUT2D eigenvalue weighted by Crippen LogP contribution is -2.46. The molecule has 0 unspecified atom stereocenters. The van der Waals surface area contributed by atoms with Crippen molar-refractivity contribution >= 4 is 27.5 Å². The summed E-state index contributed by atoms with van der Waals surface area (Å²) in [5.41, 5.74) is -0.348. The zero-order chi connectivity index (χ0) is 11.9. The highest BCUT2D eigenvalue weighted by Gasteiger charge is 2.36. The van der Waals surface area contributed by atoms with Crippen molar-refractivity contribution < 1.29 is 13.9 Å². The fourth-order valence-corrected chi connectivity index (χ4v) is 1.92. The number of carbonyl (C=O) groups excluding carboxylic acids is 1.